The van der Waals surface area contributed by atoms with Crippen molar-refractivity contribution in [3.05, 3.63) is 29.8 Å². The van der Waals surface area contributed by atoms with E-state index in [1.54, 1.807) is 7.11 Å². The molecule has 0 bridgehead atoms. The van der Waals surface area contributed by atoms with Crippen LogP contribution >= 0.6 is 11.8 Å². The van der Waals surface area contributed by atoms with E-state index in [1.807, 2.05) is 11.8 Å². The third kappa shape index (κ3) is 5.01. The Kier molecular flexibility index (Phi) is 8.14. The van der Waals surface area contributed by atoms with Gasteiger partial charge in [-0.3, -0.25) is 0 Å². The summed E-state index contributed by atoms with van der Waals surface area (Å²) in [6.45, 7) is 6.26. The fraction of sp³-hybridized carbons (Fsp3) is 0.600. The summed E-state index contributed by atoms with van der Waals surface area (Å²) < 4.78 is 5.09. The van der Waals surface area contributed by atoms with Gasteiger partial charge in [-0.15, -0.1) is 11.8 Å². The molecule has 0 aliphatic heterocycles. The van der Waals surface area contributed by atoms with Crippen LogP contribution in [0, 0.1) is 0 Å². The van der Waals surface area contributed by atoms with Gasteiger partial charge in [0.05, 0.1) is 0 Å². The summed E-state index contributed by atoms with van der Waals surface area (Å²) in [6, 6.07) is 9.21. The average Bonchev–Trinajstić information content (AvgIpc) is 2.42. The molecule has 1 N–H and O–H groups in total. The highest BCUT2D eigenvalue weighted by Crippen LogP contribution is 2.29. The molecule has 0 aromatic heterocycles. The molecule has 1 aromatic rings. The van der Waals surface area contributed by atoms with Crippen LogP contribution in [0.5, 0.6) is 0 Å². The van der Waals surface area contributed by atoms with Gasteiger partial charge in [-0.05, 0) is 31.0 Å². The Hall–Kier alpha value is -0.510. The third-order valence-electron chi connectivity index (χ3n) is 2.90. The highest BCUT2D eigenvalue weighted by molar-refractivity contribution is 7.99. The van der Waals surface area contributed by atoms with Crippen LogP contribution in [0.2, 0.25) is 0 Å². The predicted octanol–water partition coefficient (Wildman–Crippen LogP) is 3.88. The summed E-state index contributed by atoms with van der Waals surface area (Å²) in [6.07, 6.45) is 2.23. The molecule has 18 heavy (non-hydrogen) atoms. The first-order valence-electron chi connectivity index (χ1n) is 6.77. The van der Waals surface area contributed by atoms with Crippen molar-refractivity contribution >= 4 is 11.8 Å². The number of ether oxygens (including phenoxy) is 1. The molecule has 3 heteroatoms. The molecular weight excluding hydrogens is 242 g/mol. The van der Waals surface area contributed by atoms with Crippen molar-refractivity contribution in [3.8, 4) is 0 Å². The van der Waals surface area contributed by atoms with E-state index in [-0.39, 0.29) is 0 Å². The van der Waals surface area contributed by atoms with Crippen LogP contribution in [0.25, 0.3) is 0 Å². The van der Waals surface area contributed by atoms with Gasteiger partial charge in [0.25, 0.3) is 0 Å². The zero-order valence-corrected chi connectivity index (χ0v) is 12.6. The minimum absolute atomic E-state index is 0.473. The second-order valence-corrected chi connectivity index (χ2v) is 5.39. The van der Waals surface area contributed by atoms with Crippen molar-refractivity contribution in [2.45, 2.75) is 37.6 Å². The molecule has 0 saturated carbocycles. The quantitative estimate of drug-likeness (QED) is 0.542. The minimum atomic E-state index is 0.473. The monoisotopic (exact) mass is 267 g/mol. The summed E-state index contributed by atoms with van der Waals surface area (Å²) >= 11 is 1.94. The number of hydrogen-bond acceptors (Lipinski definition) is 3. The number of thioether (sulfide) groups is 1. The lowest BCUT2D eigenvalue weighted by atomic mass is 10.0. The zero-order valence-electron chi connectivity index (χ0n) is 11.7. The number of methoxy groups -OCH3 is 1. The van der Waals surface area contributed by atoms with Gasteiger partial charge >= 0.3 is 0 Å². The van der Waals surface area contributed by atoms with Crippen molar-refractivity contribution in [2.75, 3.05) is 26.0 Å². The van der Waals surface area contributed by atoms with Crippen LogP contribution in [-0.4, -0.2) is 26.0 Å². The van der Waals surface area contributed by atoms with Crippen molar-refractivity contribution in [3.63, 3.8) is 0 Å². The second-order valence-electron chi connectivity index (χ2n) is 4.25. The van der Waals surface area contributed by atoms with Gasteiger partial charge in [0.15, 0.2) is 0 Å². The number of rotatable bonds is 9. The fourth-order valence-corrected chi connectivity index (χ4v) is 3.04. The van der Waals surface area contributed by atoms with Gasteiger partial charge in [0, 0.05) is 30.4 Å². The van der Waals surface area contributed by atoms with Gasteiger partial charge in [0.1, 0.15) is 0 Å². The molecule has 0 heterocycles. The molecular formula is C15H25NOS. The number of hydrogen-bond donors (Lipinski definition) is 1. The smallest absolute Gasteiger partial charge is 0.0470 e. The van der Waals surface area contributed by atoms with Crippen LogP contribution in [0.3, 0.4) is 0 Å². The van der Waals surface area contributed by atoms with E-state index in [4.69, 9.17) is 4.74 Å². The van der Waals surface area contributed by atoms with E-state index >= 15 is 0 Å². The van der Waals surface area contributed by atoms with Gasteiger partial charge in [-0.2, -0.15) is 0 Å². The average molecular weight is 267 g/mol. The van der Waals surface area contributed by atoms with Crippen molar-refractivity contribution in [1.82, 2.24) is 5.32 Å². The molecule has 0 aliphatic carbocycles. The molecule has 0 fully saturated rings. The normalized spacial score (nSPS) is 12.6. The Bertz CT molecular complexity index is 330. The van der Waals surface area contributed by atoms with Crippen LogP contribution in [0.15, 0.2) is 29.2 Å². The summed E-state index contributed by atoms with van der Waals surface area (Å²) in [5.41, 5.74) is 1.43. The Labute approximate surface area is 116 Å². The van der Waals surface area contributed by atoms with Gasteiger partial charge in [-0.1, -0.05) is 32.0 Å². The third-order valence-corrected chi connectivity index (χ3v) is 4.08. The molecule has 0 aliphatic rings. The lowest BCUT2D eigenvalue weighted by Gasteiger charge is -2.19. The highest BCUT2D eigenvalue weighted by Gasteiger charge is 2.11. The maximum Gasteiger partial charge on any atom is 0.0470 e. The molecule has 102 valence electrons. The Morgan fingerprint density at radius 1 is 1.28 bits per heavy atom. The molecule has 0 spiro atoms. The first kappa shape index (κ1) is 15.5. The van der Waals surface area contributed by atoms with E-state index in [9.17, 15) is 0 Å². The molecule has 2 nitrogen and oxygen atoms in total. The maximum atomic E-state index is 5.09. The Morgan fingerprint density at radius 3 is 2.72 bits per heavy atom. The molecule has 1 aromatic carbocycles. The summed E-state index contributed by atoms with van der Waals surface area (Å²) in [7, 11) is 1.76. The fourth-order valence-electron chi connectivity index (χ4n) is 2.01. The van der Waals surface area contributed by atoms with Gasteiger partial charge < -0.3 is 10.1 Å². The van der Waals surface area contributed by atoms with Crippen molar-refractivity contribution in [2.24, 2.45) is 0 Å². The molecule has 0 radical (unpaired) electrons. The molecule has 1 unspecified atom stereocenters. The van der Waals surface area contributed by atoms with E-state index < -0.39 is 0 Å². The van der Waals surface area contributed by atoms with Crippen LogP contribution in [-0.2, 0) is 4.74 Å². The first-order valence-corrected chi connectivity index (χ1v) is 7.76. The van der Waals surface area contributed by atoms with Gasteiger partial charge in [-0.25, -0.2) is 0 Å². The topological polar surface area (TPSA) is 21.3 Å². The zero-order chi connectivity index (χ0) is 13.2. The summed E-state index contributed by atoms with van der Waals surface area (Å²) in [4.78, 5) is 1.40. The van der Waals surface area contributed by atoms with Gasteiger partial charge in [0.2, 0.25) is 0 Å². The first-order chi connectivity index (χ1) is 8.83. The summed E-state index contributed by atoms with van der Waals surface area (Å²) in [5, 5.41) is 3.55. The highest BCUT2D eigenvalue weighted by atomic mass is 32.2. The minimum Gasteiger partial charge on any atom is -0.385 e. The SMILES string of the molecule is CCNC(CC)c1ccccc1SCCCOC. The summed E-state index contributed by atoms with van der Waals surface area (Å²) in [5.74, 6) is 1.12. The van der Waals surface area contributed by atoms with Crippen molar-refractivity contribution < 1.29 is 4.74 Å². The lowest BCUT2D eigenvalue weighted by molar-refractivity contribution is 0.200. The molecule has 0 saturated heterocycles. The number of nitrogens with one attached hydrogen (secondary N) is 1. The van der Waals surface area contributed by atoms with Crippen molar-refractivity contribution in [1.29, 1.82) is 0 Å². The van der Waals surface area contributed by atoms with Crippen LogP contribution in [0.4, 0.5) is 0 Å². The number of benzene rings is 1. The van der Waals surface area contributed by atoms with E-state index in [2.05, 4.69) is 43.4 Å². The second kappa shape index (κ2) is 9.42. The van der Waals surface area contributed by atoms with Crippen LogP contribution < -0.4 is 5.32 Å². The molecule has 1 rings (SSSR count). The lowest BCUT2D eigenvalue weighted by Crippen LogP contribution is -2.20. The Balaban J connectivity index is 2.65. The largest absolute Gasteiger partial charge is 0.385 e. The van der Waals surface area contributed by atoms with E-state index in [1.165, 1.54) is 10.5 Å². The molecule has 1 atom stereocenters. The molecule has 0 amide bonds. The standard InChI is InChI=1S/C15H25NOS/c1-4-14(16-5-2)13-9-6-7-10-15(13)18-12-8-11-17-3/h6-7,9-10,14,16H,4-5,8,11-12H2,1-3H3. The van der Waals surface area contributed by atoms with E-state index in [0.29, 0.717) is 6.04 Å². The van der Waals surface area contributed by atoms with Crippen LogP contribution in [0.1, 0.15) is 38.3 Å². The maximum absolute atomic E-state index is 5.09. The Morgan fingerprint density at radius 2 is 2.06 bits per heavy atom. The van der Waals surface area contributed by atoms with E-state index in [0.717, 1.165) is 31.7 Å². The predicted molar refractivity (Wildman–Crippen MR) is 80.4 cm³/mol.